The highest BCUT2D eigenvalue weighted by Gasteiger charge is 2.36. The summed E-state index contributed by atoms with van der Waals surface area (Å²) in [5, 5.41) is 0. The molecule has 2 saturated heterocycles. The van der Waals surface area contributed by atoms with Gasteiger partial charge in [-0.1, -0.05) is 0 Å². The Morgan fingerprint density at radius 2 is 2.05 bits per heavy atom. The van der Waals surface area contributed by atoms with E-state index in [9.17, 15) is 18.0 Å². The van der Waals surface area contributed by atoms with Crippen LogP contribution in [0.2, 0.25) is 0 Å². The molecular formula is C13H22N2O5S. The van der Waals surface area contributed by atoms with Crippen LogP contribution in [0.15, 0.2) is 0 Å². The van der Waals surface area contributed by atoms with Crippen LogP contribution in [0.1, 0.15) is 19.3 Å². The van der Waals surface area contributed by atoms with E-state index in [1.54, 1.807) is 7.05 Å². The first-order valence-corrected chi connectivity index (χ1v) is 8.94. The Balaban J connectivity index is 1.93. The van der Waals surface area contributed by atoms with Crippen molar-refractivity contribution in [2.45, 2.75) is 31.3 Å². The molecule has 0 aliphatic carbocycles. The van der Waals surface area contributed by atoms with E-state index < -0.39 is 9.84 Å². The third-order valence-electron chi connectivity index (χ3n) is 4.32. The van der Waals surface area contributed by atoms with E-state index >= 15 is 0 Å². The SMILES string of the molecule is COC(=O)C1CCCN1CC(=O)N(C)C1CCS(=O)(=O)C1. The molecule has 21 heavy (non-hydrogen) atoms. The summed E-state index contributed by atoms with van der Waals surface area (Å²) in [4.78, 5) is 27.3. The summed E-state index contributed by atoms with van der Waals surface area (Å²) in [5.41, 5.74) is 0. The zero-order valence-corrected chi connectivity index (χ0v) is 13.3. The Hall–Kier alpha value is -1.15. The Morgan fingerprint density at radius 1 is 1.33 bits per heavy atom. The van der Waals surface area contributed by atoms with E-state index in [1.807, 2.05) is 4.90 Å². The molecule has 120 valence electrons. The molecule has 2 atom stereocenters. The van der Waals surface area contributed by atoms with E-state index in [4.69, 9.17) is 4.74 Å². The molecule has 2 heterocycles. The molecule has 8 heteroatoms. The predicted octanol–water partition coefficient (Wildman–Crippen LogP) is -0.731. The quantitative estimate of drug-likeness (QED) is 0.636. The topological polar surface area (TPSA) is 84.0 Å². The number of sulfone groups is 1. The minimum absolute atomic E-state index is 0.0374. The average Bonchev–Trinajstić information content (AvgIpc) is 3.03. The molecule has 2 rings (SSSR count). The van der Waals surface area contributed by atoms with Crippen LogP contribution in [0.4, 0.5) is 0 Å². The summed E-state index contributed by atoms with van der Waals surface area (Å²) >= 11 is 0. The molecule has 1 amide bonds. The molecule has 0 N–H and O–H groups in total. The van der Waals surface area contributed by atoms with Crippen molar-refractivity contribution >= 4 is 21.7 Å². The molecule has 0 aromatic heterocycles. The minimum atomic E-state index is -3.01. The number of ether oxygens (including phenoxy) is 1. The fourth-order valence-corrected chi connectivity index (χ4v) is 4.76. The lowest BCUT2D eigenvalue weighted by Gasteiger charge is -2.28. The average molecular weight is 318 g/mol. The second-order valence-electron chi connectivity index (χ2n) is 5.71. The van der Waals surface area contributed by atoms with Gasteiger partial charge in [0.15, 0.2) is 9.84 Å². The number of nitrogens with zero attached hydrogens (tertiary/aromatic N) is 2. The Bertz CT molecular complexity index is 519. The van der Waals surface area contributed by atoms with Crippen LogP contribution in [0.5, 0.6) is 0 Å². The van der Waals surface area contributed by atoms with Crippen molar-refractivity contribution in [3.05, 3.63) is 0 Å². The zero-order valence-electron chi connectivity index (χ0n) is 12.4. The van der Waals surface area contributed by atoms with Gasteiger partial charge in [-0.15, -0.1) is 0 Å². The van der Waals surface area contributed by atoms with Gasteiger partial charge >= 0.3 is 5.97 Å². The van der Waals surface area contributed by atoms with Gasteiger partial charge < -0.3 is 9.64 Å². The Kier molecular flexibility index (Phi) is 4.88. The summed E-state index contributed by atoms with van der Waals surface area (Å²) in [7, 11) is -0.0316. The van der Waals surface area contributed by atoms with Crippen LogP contribution in [-0.4, -0.2) is 80.9 Å². The maximum Gasteiger partial charge on any atom is 0.323 e. The standard InChI is InChI=1S/C13H22N2O5S/c1-14(10-5-7-21(18,19)9-10)12(16)8-15-6-3-4-11(15)13(17)20-2/h10-11H,3-9H2,1-2H3. The second kappa shape index (κ2) is 6.31. The number of likely N-dealkylation sites (tertiary alicyclic amines) is 1. The van der Waals surface area contributed by atoms with E-state index in [-0.39, 0.29) is 42.0 Å². The molecule has 2 unspecified atom stereocenters. The minimum Gasteiger partial charge on any atom is -0.468 e. The maximum absolute atomic E-state index is 12.3. The number of carbonyl (C=O) groups excluding carboxylic acids is 2. The lowest BCUT2D eigenvalue weighted by molar-refractivity contribution is -0.146. The number of rotatable bonds is 4. The smallest absolute Gasteiger partial charge is 0.323 e. The number of esters is 1. The molecule has 0 saturated carbocycles. The van der Waals surface area contributed by atoms with Gasteiger partial charge in [0.2, 0.25) is 5.91 Å². The summed E-state index contributed by atoms with van der Waals surface area (Å²) in [6.07, 6.45) is 2.04. The van der Waals surface area contributed by atoms with Crippen molar-refractivity contribution in [3.8, 4) is 0 Å². The maximum atomic E-state index is 12.3. The van der Waals surface area contributed by atoms with E-state index in [2.05, 4.69) is 0 Å². The van der Waals surface area contributed by atoms with Crippen LogP contribution >= 0.6 is 0 Å². The van der Waals surface area contributed by atoms with Gasteiger partial charge in [-0.3, -0.25) is 14.5 Å². The number of hydrogen-bond donors (Lipinski definition) is 0. The van der Waals surface area contributed by atoms with Crippen LogP contribution in [0.3, 0.4) is 0 Å². The summed E-state index contributed by atoms with van der Waals surface area (Å²) in [6, 6.07) is -0.610. The van der Waals surface area contributed by atoms with Gasteiger partial charge in [-0.25, -0.2) is 8.42 Å². The molecule has 0 spiro atoms. The lowest BCUT2D eigenvalue weighted by Crippen LogP contribution is -2.47. The third kappa shape index (κ3) is 3.74. The first-order chi connectivity index (χ1) is 9.84. The van der Waals surface area contributed by atoms with Gasteiger partial charge in [0.1, 0.15) is 6.04 Å². The van der Waals surface area contributed by atoms with Crippen molar-refractivity contribution in [3.63, 3.8) is 0 Å². The number of carbonyl (C=O) groups is 2. The fourth-order valence-electron chi connectivity index (χ4n) is 2.99. The van der Waals surface area contributed by atoms with Crippen molar-refractivity contribution < 1.29 is 22.7 Å². The van der Waals surface area contributed by atoms with Crippen LogP contribution < -0.4 is 0 Å². The first-order valence-electron chi connectivity index (χ1n) is 7.12. The summed E-state index contributed by atoms with van der Waals surface area (Å²) < 4.78 is 27.7. The normalized spacial score (nSPS) is 28.5. The molecule has 0 aromatic carbocycles. The van der Waals surface area contributed by atoms with Crippen molar-refractivity contribution in [1.82, 2.24) is 9.80 Å². The fraction of sp³-hybridized carbons (Fsp3) is 0.846. The van der Waals surface area contributed by atoms with Gasteiger partial charge in [-0.2, -0.15) is 0 Å². The van der Waals surface area contributed by atoms with Crippen molar-refractivity contribution in [2.24, 2.45) is 0 Å². The van der Waals surface area contributed by atoms with Gasteiger partial charge in [0.05, 0.1) is 25.2 Å². The summed E-state index contributed by atoms with van der Waals surface area (Å²) in [6.45, 7) is 0.815. The monoisotopic (exact) mass is 318 g/mol. The van der Waals surface area contributed by atoms with E-state index in [0.717, 1.165) is 6.42 Å². The second-order valence-corrected chi connectivity index (χ2v) is 7.94. The van der Waals surface area contributed by atoms with Crippen LogP contribution in [0, 0.1) is 0 Å². The van der Waals surface area contributed by atoms with Crippen molar-refractivity contribution in [1.29, 1.82) is 0 Å². The number of amides is 1. The van der Waals surface area contributed by atoms with Crippen LogP contribution in [-0.2, 0) is 24.2 Å². The molecule has 2 fully saturated rings. The van der Waals surface area contributed by atoms with E-state index in [0.29, 0.717) is 19.4 Å². The van der Waals surface area contributed by atoms with Crippen molar-refractivity contribution in [2.75, 3.05) is 38.8 Å². The lowest BCUT2D eigenvalue weighted by atomic mass is 10.2. The molecule has 0 radical (unpaired) electrons. The molecule has 7 nitrogen and oxygen atoms in total. The highest BCUT2D eigenvalue weighted by Crippen LogP contribution is 2.20. The molecule has 2 aliphatic heterocycles. The molecular weight excluding hydrogens is 296 g/mol. The first kappa shape index (κ1) is 16.2. The summed E-state index contributed by atoms with van der Waals surface area (Å²) in [5.74, 6) is -0.279. The zero-order chi connectivity index (χ0) is 15.6. The van der Waals surface area contributed by atoms with E-state index in [1.165, 1.54) is 12.0 Å². The third-order valence-corrected chi connectivity index (χ3v) is 6.08. The number of hydrogen-bond acceptors (Lipinski definition) is 6. The number of likely N-dealkylation sites (N-methyl/N-ethyl adjacent to an activating group) is 1. The predicted molar refractivity (Wildman–Crippen MR) is 76.4 cm³/mol. The van der Waals surface area contributed by atoms with Crippen LogP contribution in [0.25, 0.3) is 0 Å². The highest BCUT2D eigenvalue weighted by molar-refractivity contribution is 7.91. The van der Waals surface area contributed by atoms with Gasteiger partial charge in [0.25, 0.3) is 0 Å². The Morgan fingerprint density at radius 3 is 2.62 bits per heavy atom. The molecule has 0 aromatic rings. The Labute approximate surface area is 125 Å². The highest BCUT2D eigenvalue weighted by atomic mass is 32.2. The molecule has 2 aliphatic rings. The number of methoxy groups -OCH3 is 1. The largest absolute Gasteiger partial charge is 0.468 e. The van der Waals surface area contributed by atoms with Gasteiger partial charge in [-0.05, 0) is 25.8 Å². The van der Waals surface area contributed by atoms with Gasteiger partial charge in [0, 0.05) is 13.1 Å². The molecule has 0 bridgehead atoms.